The monoisotopic (exact) mass is 284 g/mol. The van der Waals surface area contributed by atoms with Crippen molar-refractivity contribution in [3.8, 4) is 0 Å². The van der Waals surface area contributed by atoms with E-state index < -0.39 is 0 Å². The maximum Gasteiger partial charge on any atom is 0.226 e. The van der Waals surface area contributed by atoms with Gasteiger partial charge in [-0.05, 0) is 33.2 Å². The zero-order valence-electron chi connectivity index (χ0n) is 14.0. The minimum absolute atomic E-state index is 0.0301. The lowest BCUT2D eigenvalue weighted by Crippen LogP contribution is -2.65. The summed E-state index contributed by atoms with van der Waals surface area (Å²) in [5.41, 5.74) is 0.139. The maximum absolute atomic E-state index is 12.5. The number of amides is 1. The van der Waals surface area contributed by atoms with E-state index in [0.29, 0.717) is 12.1 Å². The second-order valence-electron chi connectivity index (χ2n) is 6.04. The van der Waals surface area contributed by atoms with Crippen LogP contribution in [-0.2, 0) is 9.53 Å². The van der Waals surface area contributed by atoms with E-state index in [-0.39, 0.29) is 17.2 Å². The average molecular weight is 284 g/mol. The zero-order chi connectivity index (χ0) is 15.3. The van der Waals surface area contributed by atoms with Crippen LogP contribution in [0, 0.1) is 11.3 Å². The Bertz CT molecular complexity index is 316. The Morgan fingerprint density at radius 1 is 1.40 bits per heavy atom. The van der Waals surface area contributed by atoms with Crippen molar-refractivity contribution >= 4 is 5.91 Å². The lowest BCUT2D eigenvalue weighted by atomic mass is 9.58. The quantitative estimate of drug-likeness (QED) is 0.743. The van der Waals surface area contributed by atoms with E-state index in [2.05, 4.69) is 19.2 Å². The first-order chi connectivity index (χ1) is 9.48. The zero-order valence-corrected chi connectivity index (χ0v) is 14.0. The third-order valence-electron chi connectivity index (χ3n) is 5.17. The summed E-state index contributed by atoms with van der Waals surface area (Å²) in [5.74, 6) is 0.271. The first kappa shape index (κ1) is 17.4. The number of nitrogens with one attached hydrogen (secondary N) is 1. The van der Waals surface area contributed by atoms with Crippen molar-refractivity contribution in [3.05, 3.63) is 0 Å². The molecule has 4 nitrogen and oxygen atoms in total. The smallest absolute Gasteiger partial charge is 0.226 e. The largest absolute Gasteiger partial charge is 0.378 e. The van der Waals surface area contributed by atoms with Gasteiger partial charge >= 0.3 is 0 Å². The number of nitrogens with zero attached hydrogens (tertiary/aromatic N) is 1. The Morgan fingerprint density at radius 2 is 2.00 bits per heavy atom. The Kier molecular flexibility index (Phi) is 6.46. The molecular weight excluding hydrogens is 252 g/mol. The topological polar surface area (TPSA) is 41.6 Å². The number of hydrogen-bond donors (Lipinski definition) is 1. The van der Waals surface area contributed by atoms with Gasteiger partial charge in [0, 0.05) is 37.6 Å². The Hall–Kier alpha value is -0.610. The highest BCUT2D eigenvalue weighted by molar-refractivity contribution is 5.79. The summed E-state index contributed by atoms with van der Waals surface area (Å²) in [6, 6.07) is 0.320. The van der Waals surface area contributed by atoms with E-state index in [4.69, 9.17) is 4.74 Å². The molecular formula is C16H32N2O2. The van der Waals surface area contributed by atoms with Gasteiger partial charge in [-0.3, -0.25) is 4.79 Å². The van der Waals surface area contributed by atoms with Gasteiger partial charge in [0.15, 0.2) is 0 Å². The lowest BCUT2D eigenvalue weighted by molar-refractivity contribution is -0.178. The van der Waals surface area contributed by atoms with Crippen molar-refractivity contribution in [2.24, 2.45) is 11.3 Å². The molecule has 0 heterocycles. The number of carbonyl (C=O) groups excluding carboxylic acids is 1. The standard InChI is InChI=1S/C16H32N2O2/c1-7-16(8-2)13(10-14(16)20-9-3)18(6)15(19)12(4)11-17-5/h12-14,17H,7-11H2,1-6H3. The fourth-order valence-corrected chi connectivity index (χ4v) is 3.78. The van der Waals surface area contributed by atoms with Crippen molar-refractivity contribution in [2.75, 3.05) is 27.2 Å². The Balaban J connectivity index is 2.78. The first-order valence-corrected chi connectivity index (χ1v) is 8.01. The second-order valence-corrected chi connectivity index (χ2v) is 6.04. The molecule has 0 saturated heterocycles. The molecule has 1 fully saturated rings. The molecule has 0 spiro atoms. The van der Waals surface area contributed by atoms with Gasteiger partial charge in [0.1, 0.15) is 0 Å². The molecule has 3 unspecified atom stereocenters. The molecule has 1 saturated carbocycles. The van der Waals surface area contributed by atoms with Gasteiger partial charge in [-0.25, -0.2) is 0 Å². The van der Waals surface area contributed by atoms with E-state index in [1.54, 1.807) is 0 Å². The molecule has 0 aromatic carbocycles. The van der Waals surface area contributed by atoms with Crippen molar-refractivity contribution in [1.82, 2.24) is 10.2 Å². The van der Waals surface area contributed by atoms with E-state index >= 15 is 0 Å². The molecule has 3 atom stereocenters. The lowest BCUT2D eigenvalue weighted by Gasteiger charge is -2.58. The summed E-state index contributed by atoms with van der Waals surface area (Å²) in [7, 11) is 3.85. The number of carbonyl (C=O) groups is 1. The van der Waals surface area contributed by atoms with Crippen LogP contribution in [0.25, 0.3) is 0 Å². The van der Waals surface area contributed by atoms with Gasteiger partial charge in [0.05, 0.1) is 6.10 Å². The van der Waals surface area contributed by atoms with Crippen molar-refractivity contribution in [2.45, 2.75) is 59.1 Å². The van der Waals surface area contributed by atoms with Crippen molar-refractivity contribution < 1.29 is 9.53 Å². The van der Waals surface area contributed by atoms with Crippen LogP contribution in [0.2, 0.25) is 0 Å². The molecule has 4 heteroatoms. The molecule has 1 aliphatic rings. The fraction of sp³-hybridized carbons (Fsp3) is 0.938. The third-order valence-corrected chi connectivity index (χ3v) is 5.17. The van der Waals surface area contributed by atoms with Crippen LogP contribution in [0.1, 0.15) is 47.0 Å². The van der Waals surface area contributed by atoms with Crippen molar-refractivity contribution in [3.63, 3.8) is 0 Å². The predicted octanol–water partition coefficient (Wildman–Crippen LogP) is 2.28. The predicted molar refractivity (Wildman–Crippen MR) is 82.7 cm³/mol. The molecule has 0 aromatic heterocycles. The second kappa shape index (κ2) is 7.41. The van der Waals surface area contributed by atoms with E-state index in [1.165, 1.54) is 0 Å². The maximum atomic E-state index is 12.5. The first-order valence-electron chi connectivity index (χ1n) is 8.01. The summed E-state index contributed by atoms with van der Waals surface area (Å²) in [6.45, 7) is 9.97. The third kappa shape index (κ3) is 3.01. The van der Waals surface area contributed by atoms with E-state index in [9.17, 15) is 4.79 Å². The van der Waals surface area contributed by atoms with Crippen molar-refractivity contribution in [1.29, 1.82) is 0 Å². The average Bonchev–Trinajstić information content (AvgIpc) is 2.43. The van der Waals surface area contributed by atoms with Crippen LogP contribution < -0.4 is 5.32 Å². The minimum atomic E-state index is 0.0301. The van der Waals surface area contributed by atoms with Gasteiger partial charge in [0.2, 0.25) is 5.91 Å². The summed E-state index contributed by atoms with van der Waals surface area (Å²) >= 11 is 0. The number of hydrogen-bond acceptors (Lipinski definition) is 3. The van der Waals surface area contributed by atoms with E-state index in [0.717, 1.165) is 32.4 Å². The van der Waals surface area contributed by atoms with Gasteiger partial charge < -0.3 is 15.0 Å². The summed E-state index contributed by atoms with van der Waals surface area (Å²) in [6.07, 6.45) is 3.42. The molecule has 1 aliphatic carbocycles. The highest BCUT2D eigenvalue weighted by Gasteiger charge is 2.55. The molecule has 20 heavy (non-hydrogen) atoms. The van der Waals surface area contributed by atoms with E-state index in [1.807, 2.05) is 32.8 Å². The van der Waals surface area contributed by atoms with Crippen LogP contribution >= 0.6 is 0 Å². The molecule has 0 aromatic rings. The van der Waals surface area contributed by atoms with Crippen LogP contribution in [0.4, 0.5) is 0 Å². The van der Waals surface area contributed by atoms with Crippen LogP contribution in [0.15, 0.2) is 0 Å². The molecule has 1 N–H and O–H groups in total. The van der Waals surface area contributed by atoms with Gasteiger partial charge in [-0.2, -0.15) is 0 Å². The number of rotatable bonds is 8. The summed E-state index contributed by atoms with van der Waals surface area (Å²) < 4.78 is 5.89. The van der Waals surface area contributed by atoms with Crippen LogP contribution in [0.5, 0.6) is 0 Å². The van der Waals surface area contributed by atoms with Crippen LogP contribution in [0.3, 0.4) is 0 Å². The highest BCUT2D eigenvalue weighted by atomic mass is 16.5. The Labute approximate surface area is 124 Å². The van der Waals surface area contributed by atoms with Gasteiger partial charge in [0.25, 0.3) is 0 Å². The molecule has 118 valence electrons. The molecule has 0 bridgehead atoms. The molecule has 1 rings (SSSR count). The van der Waals surface area contributed by atoms with Gasteiger partial charge in [-0.1, -0.05) is 20.8 Å². The van der Waals surface area contributed by atoms with Gasteiger partial charge in [-0.15, -0.1) is 0 Å². The Morgan fingerprint density at radius 3 is 2.45 bits per heavy atom. The summed E-state index contributed by atoms with van der Waals surface area (Å²) in [4.78, 5) is 14.5. The number of ether oxygens (including phenoxy) is 1. The minimum Gasteiger partial charge on any atom is -0.378 e. The molecule has 0 radical (unpaired) electrons. The SMILES string of the molecule is CCOC1CC(N(C)C(=O)C(C)CNC)C1(CC)CC. The normalized spacial score (nSPS) is 25.9. The summed E-state index contributed by atoms with van der Waals surface area (Å²) in [5, 5.41) is 3.08. The highest BCUT2D eigenvalue weighted by Crippen LogP contribution is 2.51. The fourth-order valence-electron chi connectivity index (χ4n) is 3.78. The molecule has 0 aliphatic heterocycles. The molecule has 1 amide bonds. The van der Waals surface area contributed by atoms with Crippen LogP contribution in [-0.4, -0.2) is 50.2 Å².